The predicted octanol–water partition coefficient (Wildman–Crippen LogP) is -0.339. The number of morpholine rings is 1. The summed E-state index contributed by atoms with van der Waals surface area (Å²) in [7, 11) is -1.67. The van der Waals surface area contributed by atoms with E-state index in [-0.39, 0.29) is 24.6 Å². The third-order valence-electron chi connectivity index (χ3n) is 2.73. The molecule has 6 nitrogen and oxygen atoms in total. The van der Waals surface area contributed by atoms with Gasteiger partial charge in [0.2, 0.25) is 10.0 Å². The van der Waals surface area contributed by atoms with Gasteiger partial charge in [-0.25, -0.2) is 12.7 Å². The van der Waals surface area contributed by atoms with Crippen molar-refractivity contribution in [2.24, 2.45) is 0 Å². The van der Waals surface area contributed by atoms with Crippen molar-refractivity contribution in [3.63, 3.8) is 0 Å². The van der Waals surface area contributed by atoms with Crippen LogP contribution in [0.15, 0.2) is 0 Å². The fourth-order valence-electron chi connectivity index (χ4n) is 1.68. The van der Waals surface area contributed by atoms with Gasteiger partial charge >= 0.3 is 0 Å². The van der Waals surface area contributed by atoms with Gasteiger partial charge < -0.3 is 14.8 Å². The zero-order valence-corrected chi connectivity index (χ0v) is 12.2. The Bertz CT molecular complexity index is 326. The highest BCUT2D eigenvalue weighted by molar-refractivity contribution is 7.89. The van der Waals surface area contributed by atoms with Gasteiger partial charge in [-0.3, -0.25) is 0 Å². The largest absolute Gasteiger partial charge is 0.378 e. The van der Waals surface area contributed by atoms with Crippen LogP contribution in [-0.2, 0) is 19.5 Å². The van der Waals surface area contributed by atoms with Gasteiger partial charge in [-0.1, -0.05) is 0 Å². The summed E-state index contributed by atoms with van der Waals surface area (Å²) in [5, 5.41) is 3.18. The molecule has 1 rings (SSSR count). The van der Waals surface area contributed by atoms with Gasteiger partial charge in [0.1, 0.15) is 0 Å². The Morgan fingerprint density at radius 1 is 1.50 bits per heavy atom. The number of nitrogens with one attached hydrogen (secondary N) is 1. The number of rotatable bonds is 7. The van der Waals surface area contributed by atoms with Crippen molar-refractivity contribution >= 4 is 10.0 Å². The topological polar surface area (TPSA) is 67.9 Å². The summed E-state index contributed by atoms with van der Waals surface area (Å²) in [6.45, 7) is 6.55. The van der Waals surface area contributed by atoms with Gasteiger partial charge in [0, 0.05) is 26.7 Å². The standard InChI is InChI=1S/C11H24N2O4S/c1-10(2)16-6-7-18(14,15)13(3)9-11-8-12-4-5-17-11/h10-12H,4-9H2,1-3H3. The van der Waals surface area contributed by atoms with E-state index in [1.165, 1.54) is 4.31 Å². The zero-order valence-electron chi connectivity index (χ0n) is 11.4. The molecule has 0 aromatic heterocycles. The van der Waals surface area contributed by atoms with Crippen LogP contribution in [0, 0.1) is 0 Å². The lowest BCUT2D eigenvalue weighted by Gasteiger charge is -2.27. The molecule has 1 heterocycles. The molecule has 7 heteroatoms. The first kappa shape index (κ1) is 15.8. The Hall–Kier alpha value is -0.210. The summed E-state index contributed by atoms with van der Waals surface area (Å²) >= 11 is 0. The number of ether oxygens (including phenoxy) is 2. The van der Waals surface area contributed by atoms with Crippen LogP contribution in [0.1, 0.15) is 13.8 Å². The third kappa shape index (κ3) is 5.62. The minimum absolute atomic E-state index is 0.0157. The molecule has 1 aliphatic rings. The van der Waals surface area contributed by atoms with Crippen molar-refractivity contribution in [1.29, 1.82) is 0 Å². The molecular weight excluding hydrogens is 256 g/mol. The van der Waals surface area contributed by atoms with Crippen molar-refractivity contribution in [2.75, 3.05) is 45.6 Å². The molecule has 1 unspecified atom stereocenters. The molecule has 1 N–H and O–H groups in total. The maximum absolute atomic E-state index is 12.0. The van der Waals surface area contributed by atoms with Crippen LogP contribution >= 0.6 is 0 Å². The molecule has 0 aromatic carbocycles. The molecule has 0 bridgehead atoms. The number of hydrogen-bond donors (Lipinski definition) is 1. The number of nitrogens with zero attached hydrogens (tertiary/aromatic N) is 1. The first-order chi connectivity index (χ1) is 8.42. The molecule has 0 aromatic rings. The lowest BCUT2D eigenvalue weighted by molar-refractivity contribution is 0.0204. The summed E-state index contributed by atoms with van der Waals surface area (Å²) in [6.07, 6.45) is -0.0130. The monoisotopic (exact) mass is 280 g/mol. The van der Waals surface area contributed by atoms with E-state index < -0.39 is 10.0 Å². The first-order valence-corrected chi connectivity index (χ1v) is 7.90. The van der Waals surface area contributed by atoms with Crippen LogP contribution in [0.3, 0.4) is 0 Å². The van der Waals surface area contributed by atoms with Crippen molar-refractivity contribution in [1.82, 2.24) is 9.62 Å². The summed E-state index contributed by atoms with van der Waals surface area (Å²) in [4.78, 5) is 0. The Balaban J connectivity index is 2.35. The highest BCUT2D eigenvalue weighted by atomic mass is 32.2. The van der Waals surface area contributed by atoms with Crippen LogP contribution in [-0.4, -0.2) is 70.6 Å². The average molecular weight is 280 g/mol. The Morgan fingerprint density at radius 2 is 2.22 bits per heavy atom. The van der Waals surface area contributed by atoms with Crippen LogP contribution in [0.25, 0.3) is 0 Å². The number of hydrogen-bond acceptors (Lipinski definition) is 5. The highest BCUT2D eigenvalue weighted by Gasteiger charge is 2.23. The minimum atomic E-state index is -3.25. The second-order valence-electron chi connectivity index (χ2n) is 4.71. The van der Waals surface area contributed by atoms with Crippen LogP contribution < -0.4 is 5.32 Å². The van der Waals surface area contributed by atoms with Gasteiger partial charge in [0.25, 0.3) is 0 Å². The van der Waals surface area contributed by atoms with Crippen LogP contribution in [0.2, 0.25) is 0 Å². The fraction of sp³-hybridized carbons (Fsp3) is 1.00. The van der Waals surface area contributed by atoms with Crippen molar-refractivity contribution in [3.05, 3.63) is 0 Å². The quantitative estimate of drug-likeness (QED) is 0.691. The molecular formula is C11H24N2O4S. The minimum Gasteiger partial charge on any atom is -0.378 e. The van der Waals surface area contributed by atoms with Gasteiger partial charge in [0.15, 0.2) is 0 Å². The van der Waals surface area contributed by atoms with Gasteiger partial charge in [0.05, 0.1) is 31.2 Å². The summed E-state index contributed by atoms with van der Waals surface area (Å²) in [6, 6.07) is 0. The highest BCUT2D eigenvalue weighted by Crippen LogP contribution is 2.04. The Labute approximate surface area is 110 Å². The van der Waals surface area contributed by atoms with E-state index in [1.54, 1.807) is 7.05 Å². The zero-order chi connectivity index (χ0) is 13.6. The van der Waals surface area contributed by atoms with Gasteiger partial charge in [-0.15, -0.1) is 0 Å². The summed E-state index contributed by atoms with van der Waals surface area (Å²) in [5.41, 5.74) is 0. The molecule has 108 valence electrons. The van der Waals surface area contributed by atoms with E-state index in [1.807, 2.05) is 13.8 Å². The molecule has 18 heavy (non-hydrogen) atoms. The number of sulfonamides is 1. The van der Waals surface area contributed by atoms with Gasteiger partial charge in [-0.2, -0.15) is 0 Å². The van der Waals surface area contributed by atoms with E-state index in [9.17, 15) is 8.42 Å². The maximum atomic E-state index is 12.0. The normalized spacial score (nSPS) is 21.7. The molecule has 0 spiro atoms. The predicted molar refractivity (Wildman–Crippen MR) is 70.1 cm³/mol. The second-order valence-corrected chi connectivity index (χ2v) is 6.91. The molecule has 0 amide bonds. The van der Waals surface area contributed by atoms with Crippen molar-refractivity contribution < 1.29 is 17.9 Å². The van der Waals surface area contributed by atoms with E-state index in [2.05, 4.69) is 5.32 Å². The van der Waals surface area contributed by atoms with E-state index >= 15 is 0 Å². The van der Waals surface area contributed by atoms with Crippen molar-refractivity contribution in [3.8, 4) is 0 Å². The summed E-state index contributed by atoms with van der Waals surface area (Å²) in [5.74, 6) is 0.0157. The van der Waals surface area contributed by atoms with Gasteiger partial charge in [-0.05, 0) is 13.8 Å². The van der Waals surface area contributed by atoms with Crippen molar-refractivity contribution in [2.45, 2.75) is 26.1 Å². The average Bonchev–Trinajstić information content (AvgIpc) is 2.29. The Kier molecular flexibility index (Phi) is 6.51. The lowest BCUT2D eigenvalue weighted by atomic mass is 10.3. The fourth-order valence-corrected chi connectivity index (χ4v) is 2.69. The van der Waals surface area contributed by atoms with E-state index in [4.69, 9.17) is 9.47 Å². The van der Waals surface area contributed by atoms with E-state index in [0.29, 0.717) is 19.7 Å². The Morgan fingerprint density at radius 3 is 2.78 bits per heavy atom. The molecule has 1 fully saturated rings. The van der Waals surface area contributed by atoms with Crippen LogP contribution in [0.4, 0.5) is 0 Å². The summed E-state index contributed by atoms with van der Waals surface area (Å²) < 4.78 is 36.0. The molecule has 1 aliphatic heterocycles. The molecule has 0 saturated carbocycles. The molecule has 1 saturated heterocycles. The smallest absolute Gasteiger partial charge is 0.216 e. The first-order valence-electron chi connectivity index (χ1n) is 6.30. The van der Waals surface area contributed by atoms with Crippen LogP contribution in [0.5, 0.6) is 0 Å². The second kappa shape index (κ2) is 7.40. The lowest BCUT2D eigenvalue weighted by Crippen LogP contribution is -2.46. The number of likely N-dealkylation sites (N-methyl/N-ethyl adjacent to an activating group) is 1. The van der Waals surface area contributed by atoms with E-state index in [0.717, 1.165) is 6.54 Å². The molecule has 0 radical (unpaired) electrons. The SMILES string of the molecule is CC(C)OCCS(=O)(=O)N(C)CC1CNCCO1. The maximum Gasteiger partial charge on any atom is 0.216 e. The molecule has 0 aliphatic carbocycles. The third-order valence-corrected chi connectivity index (χ3v) is 4.51. The molecule has 1 atom stereocenters.